The van der Waals surface area contributed by atoms with E-state index in [4.69, 9.17) is 11.6 Å². The third kappa shape index (κ3) is 1.91. The summed E-state index contributed by atoms with van der Waals surface area (Å²) < 4.78 is 0. The molecule has 0 saturated heterocycles. The van der Waals surface area contributed by atoms with Crippen molar-refractivity contribution in [2.24, 2.45) is 0 Å². The van der Waals surface area contributed by atoms with E-state index in [1.807, 2.05) is 36.1 Å². The predicted molar refractivity (Wildman–Crippen MR) is 74.6 cm³/mol. The van der Waals surface area contributed by atoms with Gasteiger partial charge in [0.15, 0.2) is 0 Å². The summed E-state index contributed by atoms with van der Waals surface area (Å²) in [5, 5.41) is 10.6. The standard InChI is InChI=1S/C13H13ClN4O/c1-2-17-9-5-3-4-6-10(9)18(13(17)19)11-7-8-15-12(14)16-11/h3-8,13,19H,2H2,1H3. The second-order valence-corrected chi connectivity index (χ2v) is 4.51. The first-order valence-electron chi connectivity index (χ1n) is 6.04. The zero-order valence-corrected chi connectivity index (χ0v) is 11.1. The van der Waals surface area contributed by atoms with E-state index in [2.05, 4.69) is 9.97 Å². The molecule has 19 heavy (non-hydrogen) atoms. The van der Waals surface area contributed by atoms with Gasteiger partial charge in [0.2, 0.25) is 11.6 Å². The summed E-state index contributed by atoms with van der Waals surface area (Å²) in [7, 11) is 0. The van der Waals surface area contributed by atoms with E-state index < -0.39 is 6.35 Å². The average Bonchev–Trinajstić information content (AvgIpc) is 2.70. The van der Waals surface area contributed by atoms with Crippen molar-refractivity contribution in [2.45, 2.75) is 13.3 Å². The summed E-state index contributed by atoms with van der Waals surface area (Å²) in [5.41, 5.74) is 1.89. The second kappa shape index (κ2) is 4.68. The Morgan fingerprint density at radius 2 is 2.00 bits per heavy atom. The summed E-state index contributed by atoms with van der Waals surface area (Å²) >= 11 is 5.82. The molecule has 1 atom stereocenters. The topological polar surface area (TPSA) is 52.5 Å². The van der Waals surface area contributed by atoms with E-state index in [1.165, 1.54) is 0 Å². The molecule has 1 aromatic heterocycles. The normalized spacial score (nSPS) is 17.7. The Labute approximate surface area is 116 Å². The van der Waals surface area contributed by atoms with Crippen LogP contribution < -0.4 is 9.80 Å². The van der Waals surface area contributed by atoms with Crippen LogP contribution in [-0.2, 0) is 0 Å². The zero-order chi connectivity index (χ0) is 13.4. The molecule has 6 heteroatoms. The zero-order valence-electron chi connectivity index (χ0n) is 10.4. The highest BCUT2D eigenvalue weighted by atomic mass is 35.5. The molecule has 0 fully saturated rings. The number of benzene rings is 1. The molecular formula is C13H13ClN4O. The van der Waals surface area contributed by atoms with Crippen molar-refractivity contribution in [3.8, 4) is 0 Å². The molecule has 2 aromatic rings. The van der Waals surface area contributed by atoms with Gasteiger partial charge in [-0.1, -0.05) is 12.1 Å². The number of halogens is 1. The van der Waals surface area contributed by atoms with Gasteiger partial charge in [0.25, 0.3) is 0 Å². The van der Waals surface area contributed by atoms with Crippen LogP contribution in [0.25, 0.3) is 0 Å². The maximum atomic E-state index is 10.5. The molecule has 0 aliphatic carbocycles. The molecule has 1 unspecified atom stereocenters. The van der Waals surface area contributed by atoms with E-state index in [-0.39, 0.29) is 5.28 Å². The molecule has 1 aliphatic rings. The number of hydrogen-bond acceptors (Lipinski definition) is 5. The number of aliphatic hydroxyl groups is 1. The van der Waals surface area contributed by atoms with Gasteiger partial charge in [0, 0.05) is 12.7 Å². The maximum Gasteiger partial charge on any atom is 0.224 e. The minimum absolute atomic E-state index is 0.164. The van der Waals surface area contributed by atoms with Crippen LogP contribution in [0, 0.1) is 0 Å². The van der Waals surface area contributed by atoms with Crippen molar-refractivity contribution in [3.63, 3.8) is 0 Å². The number of aliphatic hydroxyl groups excluding tert-OH is 1. The number of rotatable bonds is 2. The summed E-state index contributed by atoms with van der Waals surface area (Å²) in [5.74, 6) is 0.580. The monoisotopic (exact) mass is 276 g/mol. The van der Waals surface area contributed by atoms with Gasteiger partial charge in [-0.05, 0) is 36.7 Å². The lowest BCUT2D eigenvalue weighted by atomic mass is 10.2. The third-order valence-electron chi connectivity index (χ3n) is 3.16. The van der Waals surface area contributed by atoms with Gasteiger partial charge in [0.05, 0.1) is 11.4 Å². The Bertz CT molecular complexity index is 607. The SMILES string of the molecule is CCN1c2ccccc2N(c2ccnc(Cl)n2)C1O. The Hall–Kier alpha value is -1.85. The lowest BCUT2D eigenvalue weighted by molar-refractivity contribution is 0.183. The lowest BCUT2D eigenvalue weighted by Gasteiger charge is -2.26. The Balaban J connectivity index is 2.12. The summed E-state index contributed by atoms with van der Waals surface area (Å²) in [6, 6.07) is 9.53. The molecule has 0 radical (unpaired) electrons. The molecule has 0 amide bonds. The van der Waals surface area contributed by atoms with Crippen molar-refractivity contribution in [1.29, 1.82) is 0 Å². The molecule has 0 saturated carbocycles. The van der Waals surface area contributed by atoms with Crippen molar-refractivity contribution >= 4 is 28.8 Å². The van der Waals surface area contributed by atoms with E-state index in [1.54, 1.807) is 17.2 Å². The Morgan fingerprint density at radius 3 is 2.68 bits per heavy atom. The van der Waals surface area contributed by atoms with Gasteiger partial charge < -0.3 is 10.0 Å². The number of hydrogen-bond donors (Lipinski definition) is 1. The van der Waals surface area contributed by atoms with E-state index in [0.29, 0.717) is 12.4 Å². The molecule has 0 spiro atoms. The highest BCUT2D eigenvalue weighted by Crippen LogP contribution is 2.42. The van der Waals surface area contributed by atoms with Crippen LogP contribution >= 0.6 is 11.6 Å². The van der Waals surface area contributed by atoms with Gasteiger partial charge in [0.1, 0.15) is 5.82 Å². The molecule has 1 aromatic carbocycles. The van der Waals surface area contributed by atoms with Crippen LogP contribution in [0.15, 0.2) is 36.5 Å². The number of aromatic nitrogens is 2. The van der Waals surface area contributed by atoms with E-state index >= 15 is 0 Å². The highest BCUT2D eigenvalue weighted by Gasteiger charge is 2.35. The molecule has 98 valence electrons. The molecule has 5 nitrogen and oxygen atoms in total. The number of fused-ring (bicyclic) bond motifs is 1. The quantitative estimate of drug-likeness (QED) is 0.854. The van der Waals surface area contributed by atoms with Gasteiger partial charge in [-0.3, -0.25) is 4.90 Å². The van der Waals surface area contributed by atoms with Crippen molar-refractivity contribution in [3.05, 3.63) is 41.8 Å². The maximum absolute atomic E-state index is 10.5. The van der Waals surface area contributed by atoms with Crippen molar-refractivity contribution in [2.75, 3.05) is 16.3 Å². The Morgan fingerprint density at radius 1 is 1.26 bits per heavy atom. The number of para-hydroxylation sites is 2. The fraction of sp³-hybridized carbons (Fsp3) is 0.231. The first-order chi connectivity index (χ1) is 9.22. The van der Waals surface area contributed by atoms with Gasteiger partial charge in [-0.2, -0.15) is 0 Å². The minimum Gasteiger partial charge on any atom is -0.356 e. The molecular weight excluding hydrogens is 264 g/mol. The highest BCUT2D eigenvalue weighted by molar-refractivity contribution is 6.28. The smallest absolute Gasteiger partial charge is 0.224 e. The van der Waals surface area contributed by atoms with Crippen LogP contribution in [0.3, 0.4) is 0 Å². The molecule has 0 bridgehead atoms. The predicted octanol–water partition coefficient (Wildman–Crippen LogP) is 2.38. The second-order valence-electron chi connectivity index (χ2n) is 4.18. The fourth-order valence-corrected chi connectivity index (χ4v) is 2.48. The molecule has 1 aliphatic heterocycles. The summed E-state index contributed by atoms with van der Waals surface area (Å²) in [6.45, 7) is 2.70. The van der Waals surface area contributed by atoms with Crippen LogP contribution in [0.4, 0.5) is 17.2 Å². The van der Waals surface area contributed by atoms with Crippen LogP contribution in [0.5, 0.6) is 0 Å². The Kier molecular flexibility index (Phi) is 3.00. The fourth-order valence-electron chi connectivity index (χ4n) is 2.33. The largest absolute Gasteiger partial charge is 0.356 e. The summed E-state index contributed by atoms with van der Waals surface area (Å²) in [6.07, 6.45) is 0.794. The lowest BCUT2D eigenvalue weighted by Crippen LogP contribution is -2.40. The van der Waals surface area contributed by atoms with Crippen molar-refractivity contribution < 1.29 is 5.11 Å². The average molecular weight is 277 g/mol. The third-order valence-corrected chi connectivity index (χ3v) is 3.34. The van der Waals surface area contributed by atoms with Gasteiger partial charge in [-0.25, -0.2) is 9.97 Å². The minimum atomic E-state index is -0.784. The van der Waals surface area contributed by atoms with Gasteiger partial charge in [-0.15, -0.1) is 0 Å². The van der Waals surface area contributed by atoms with Crippen LogP contribution in [-0.4, -0.2) is 28.0 Å². The number of anilines is 3. The van der Waals surface area contributed by atoms with Crippen LogP contribution in [0.2, 0.25) is 5.28 Å². The van der Waals surface area contributed by atoms with E-state index in [0.717, 1.165) is 11.4 Å². The molecule has 2 heterocycles. The first kappa shape index (κ1) is 12.2. The molecule has 3 rings (SSSR count). The molecule has 1 N–H and O–H groups in total. The van der Waals surface area contributed by atoms with Crippen molar-refractivity contribution in [1.82, 2.24) is 9.97 Å². The van der Waals surface area contributed by atoms with Gasteiger partial charge >= 0.3 is 0 Å². The van der Waals surface area contributed by atoms with E-state index in [9.17, 15) is 5.11 Å². The van der Waals surface area contributed by atoms with Crippen LogP contribution in [0.1, 0.15) is 6.92 Å². The first-order valence-corrected chi connectivity index (χ1v) is 6.41. The number of nitrogens with zero attached hydrogens (tertiary/aromatic N) is 4. The summed E-state index contributed by atoms with van der Waals surface area (Å²) in [4.78, 5) is 11.7.